The maximum Gasteiger partial charge on any atom is 0.336 e. The summed E-state index contributed by atoms with van der Waals surface area (Å²) < 4.78 is 17.2. The van der Waals surface area contributed by atoms with Crippen LogP contribution in [-0.2, 0) is 13.0 Å². The molecule has 2 heterocycles. The summed E-state index contributed by atoms with van der Waals surface area (Å²) in [6.07, 6.45) is 3.39. The maximum atomic E-state index is 12.6. The van der Waals surface area contributed by atoms with Gasteiger partial charge in [-0.3, -0.25) is 4.90 Å². The van der Waals surface area contributed by atoms with Crippen molar-refractivity contribution in [2.24, 2.45) is 0 Å². The Morgan fingerprint density at radius 1 is 1.03 bits per heavy atom. The van der Waals surface area contributed by atoms with Crippen LogP contribution in [0.1, 0.15) is 35.6 Å². The molecule has 6 rings (SSSR count). The van der Waals surface area contributed by atoms with E-state index < -0.39 is 0 Å². The highest BCUT2D eigenvalue weighted by atomic mass is 16.5. The molecule has 0 saturated carbocycles. The topological polar surface area (TPSA) is 51.9 Å². The van der Waals surface area contributed by atoms with E-state index in [2.05, 4.69) is 29.2 Å². The van der Waals surface area contributed by atoms with Crippen LogP contribution >= 0.6 is 0 Å². The van der Waals surface area contributed by atoms with Gasteiger partial charge in [-0.15, -0.1) is 0 Å². The van der Waals surface area contributed by atoms with E-state index in [1.54, 1.807) is 13.2 Å². The molecule has 5 nitrogen and oxygen atoms in total. The molecular formula is C28H25NO4. The Bertz CT molecular complexity index is 1390. The Kier molecular flexibility index (Phi) is 4.92. The second-order valence-corrected chi connectivity index (χ2v) is 8.75. The van der Waals surface area contributed by atoms with Crippen LogP contribution < -0.4 is 15.1 Å². The monoisotopic (exact) mass is 439 g/mol. The Balaban J connectivity index is 1.43. The third-order valence-electron chi connectivity index (χ3n) is 6.90. The first-order chi connectivity index (χ1) is 16.2. The number of methoxy groups -OCH3 is 1. The molecule has 3 aromatic carbocycles. The predicted molar refractivity (Wildman–Crippen MR) is 128 cm³/mol. The minimum atomic E-state index is -0.359. The molecule has 33 heavy (non-hydrogen) atoms. The van der Waals surface area contributed by atoms with Gasteiger partial charge in [0.15, 0.2) is 0 Å². The van der Waals surface area contributed by atoms with E-state index in [-0.39, 0.29) is 5.63 Å². The first kappa shape index (κ1) is 20.1. The van der Waals surface area contributed by atoms with Gasteiger partial charge in [0.1, 0.15) is 23.8 Å². The second kappa shape index (κ2) is 8.09. The minimum absolute atomic E-state index is 0.301. The molecule has 0 bridgehead atoms. The zero-order valence-electron chi connectivity index (χ0n) is 18.5. The summed E-state index contributed by atoms with van der Waals surface area (Å²) in [6.45, 7) is 1.21. The summed E-state index contributed by atoms with van der Waals surface area (Å²) in [5, 5.41) is 0.910. The minimum Gasteiger partial charge on any atom is -0.497 e. The number of fused-ring (bicyclic) bond motifs is 4. The van der Waals surface area contributed by atoms with Gasteiger partial charge in [0.25, 0.3) is 0 Å². The van der Waals surface area contributed by atoms with Crippen molar-refractivity contribution in [2.45, 2.75) is 31.8 Å². The molecule has 166 valence electrons. The largest absolute Gasteiger partial charge is 0.497 e. The summed E-state index contributed by atoms with van der Waals surface area (Å²) >= 11 is 0. The summed E-state index contributed by atoms with van der Waals surface area (Å²) in [6, 6.07) is 22.3. The van der Waals surface area contributed by atoms with E-state index in [9.17, 15) is 4.79 Å². The van der Waals surface area contributed by atoms with Crippen molar-refractivity contribution in [2.75, 3.05) is 13.8 Å². The molecule has 2 aliphatic rings. The van der Waals surface area contributed by atoms with Crippen molar-refractivity contribution in [3.8, 4) is 22.6 Å². The van der Waals surface area contributed by atoms with Gasteiger partial charge in [0, 0.05) is 24.0 Å². The Labute approximate surface area is 192 Å². The molecule has 1 aliphatic heterocycles. The lowest BCUT2D eigenvalue weighted by atomic mass is 9.86. The van der Waals surface area contributed by atoms with Crippen LogP contribution in [0.15, 0.2) is 75.9 Å². The first-order valence-corrected chi connectivity index (χ1v) is 11.4. The molecule has 1 aliphatic carbocycles. The van der Waals surface area contributed by atoms with Crippen molar-refractivity contribution >= 4 is 11.0 Å². The molecule has 0 unspecified atom stereocenters. The van der Waals surface area contributed by atoms with Gasteiger partial charge in [-0.2, -0.15) is 0 Å². The summed E-state index contributed by atoms with van der Waals surface area (Å²) in [4.78, 5) is 14.9. The highest BCUT2D eigenvalue weighted by Gasteiger charge is 2.31. The van der Waals surface area contributed by atoms with Crippen LogP contribution in [-0.4, -0.2) is 18.7 Å². The molecule has 0 fully saturated rings. The predicted octanol–water partition coefficient (Wildman–Crippen LogP) is 5.70. The van der Waals surface area contributed by atoms with Crippen LogP contribution in [0.2, 0.25) is 0 Å². The van der Waals surface area contributed by atoms with Gasteiger partial charge in [-0.1, -0.05) is 36.4 Å². The average Bonchev–Trinajstić information content (AvgIpc) is 2.87. The fourth-order valence-electron chi connectivity index (χ4n) is 5.27. The highest BCUT2D eigenvalue weighted by molar-refractivity contribution is 5.95. The fraction of sp³-hybridized carbons (Fsp3) is 0.250. The number of aryl methyl sites for hydroxylation is 1. The summed E-state index contributed by atoms with van der Waals surface area (Å²) in [5.74, 6) is 1.57. The smallest absolute Gasteiger partial charge is 0.336 e. The van der Waals surface area contributed by atoms with Gasteiger partial charge >= 0.3 is 5.63 Å². The Hall–Kier alpha value is -3.57. The van der Waals surface area contributed by atoms with Crippen molar-refractivity contribution < 1.29 is 13.9 Å². The standard InChI is InChI=1S/C28H25NO4/c1-31-20-11-9-19(10-12-20)23-15-27(30)33-28-22(23)13-14-26-24(28)16-29(17-32-26)25-8-4-6-18-5-2-3-7-21(18)25/h2-3,5,7,9-15,25H,4,6,8,16-17H2,1H3/t25-/m0/s1. The SMILES string of the molecule is COc1ccc(-c2cc(=O)oc3c4c(ccc23)OCN([C@H]2CCCc3ccccc32)C4)cc1. The lowest BCUT2D eigenvalue weighted by Gasteiger charge is -2.38. The van der Waals surface area contributed by atoms with E-state index in [4.69, 9.17) is 13.9 Å². The Morgan fingerprint density at radius 3 is 2.73 bits per heavy atom. The molecule has 1 atom stereocenters. The maximum absolute atomic E-state index is 12.6. The molecule has 0 radical (unpaired) electrons. The van der Waals surface area contributed by atoms with Crippen molar-refractivity contribution in [3.63, 3.8) is 0 Å². The van der Waals surface area contributed by atoms with Crippen LogP contribution in [0, 0.1) is 0 Å². The van der Waals surface area contributed by atoms with E-state index in [0.717, 1.165) is 52.8 Å². The van der Waals surface area contributed by atoms with Gasteiger partial charge in [0.05, 0.1) is 12.7 Å². The molecule has 0 spiro atoms. The number of benzene rings is 3. The number of rotatable bonds is 3. The summed E-state index contributed by atoms with van der Waals surface area (Å²) in [5.41, 5.74) is 5.80. The van der Waals surface area contributed by atoms with E-state index in [0.29, 0.717) is 24.9 Å². The third kappa shape index (κ3) is 3.49. The first-order valence-electron chi connectivity index (χ1n) is 11.4. The lowest BCUT2D eigenvalue weighted by Crippen LogP contribution is -2.37. The van der Waals surface area contributed by atoms with Gasteiger partial charge in [-0.05, 0) is 65.8 Å². The molecular weight excluding hydrogens is 414 g/mol. The molecule has 0 N–H and O–H groups in total. The number of ether oxygens (including phenoxy) is 2. The third-order valence-corrected chi connectivity index (χ3v) is 6.90. The van der Waals surface area contributed by atoms with E-state index in [1.807, 2.05) is 36.4 Å². The Morgan fingerprint density at radius 2 is 1.88 bits per heavy atom. The van der Waals surface area contributed by atoms with Crippen molar-refractivity contribution in [1.29, 1.82) is 0 Å². The van der Waals surface area contributed by atoms with Gasteiger partial charge < -0.3 is 13.9 Å². The number of hydrogen-bond acceptors (Lipinski definition) is 5. The number of hydrogen-bond donors (Lipinski definition) is 0. The molecule has 1 aromatic heterocycles. The van der Waals surface area contributed by atoms with Crippen LogP contribution in [0.4, 0.5) is 0 Å². The van der Waals surface area contributed by atoms with E-state index in [1.165, 1.54) is 11.1 Å². The van der Waals surface area contributed by atoms with Crippen molar-refractivity contribution in [3.05, 3.63) is 93.8 Å². The van der Waals surface area contributed by atoms with Gasteiger partial charge in [0.2, 0.25) is 0 Å². The van der Waals surface area contributed by atoms with Gasteiger partial charge in [-0.25, -0.2) is 4.79 Å². The number of nitrogens with zero attached hydrogens (tertiary/aromatic N) is 1. The average molecular weight is 440 g/mol. The second-order valence-electron chi connectivity index (χ2n) is 8.75. The highest BCUT2D eigenvalue weighted by Crippen LogP contribution is 2.41. The normalized spacial score (nSPS) is 17.8. The molecule has 0 saturated heterocycles. The van der Waals surface area contributed by atoms with E-state index >= 15 is 0 Å². The zero-order valence-corrected chi connectivity index (χ0v) is 18.5. The summed E-state index contributed by atoms with van der Waals surface area (Å²) in [7, 11) is 1.64. The zero-order chi connectivity index (χ0) is 22.4. The molecule has 5 heteroatoms. The molecule has 0 amide bonds. The van der Waals surface area contributed by atoms with Crippen LogP contribution in [0.3, 0.4) is 0 Å². The van der Waals surface area contributed by atoms with Crippen LogP contribution in [0.5, 0.6) is 11.5 Å². The lowest BCUT2D eigenvalue weighted by molar-refractivity contribution is 0.0482. The van der Waals surface area contributed by atoms with Crippen molar-refractivity contribution in [1.82, 2.24) is 4.90 Å². The molecule has 4 aromatic rings. The fourth-order valence-corrected chi connectivity index (χ4v) is 5.27. The van der Waals surface area contributed by atoms with Crippen LogP contribution in [0.25, 0.3) is 22.1 Å². The quantitative estimate of drug-likeness (QED) is 0.384.